The van der Waals surface area contributed by atoms with Gasteiger partial charge >= 0.3 is 0 Å². The minimum absolute atomic E-state index is 0.126. The number of nitrogens with zero attached hydrogens (tertiary/aromatic N) is 1. The van der Waals surface area contributed by atoms with Gasteiger partial charge in [-0.2, -0.15) is 0 Å². The van der Waals surface area contributed by atoms with Gasteiger partial charge in [0.15, 0.2) is 0 Å². The number of carbonyl (C=O) groups is 1. The molecular weight excluding hydrogens is 321 g/mol. The predicted molar refractivity (Wildman–Crippen MR) is 86.0 cm³/mol. The molecule has 1 aromatic carbocycles. The van der Waals surface area contributed by atoms with Gasteiger partial charge in [0, 0.05) is 40.0 Å². The number of benzene rings is 1. The largest absolute Gasteiger partial charge is 0.481 e. The maximum Gasteiger partial charge on any atom is 0.207 e. The molecule has 0 fully saturated rings. The van der Waals surface area contributed by atoms with E-state index < -0.39 is 5.60 Å². The van der Waals surface area contributed by atoms with Crippen LogP contribution in [-0.2, 0) is 15.1 Å². The van der Waals surface area contributed by atoms with Crippen molar-refractivity contribution in [2.75, 3.05) is 0 Å². The second kappa shape index (κ2) is 5.75. The molecule has 0 bridgehead atoms. The van der Waals surface area contributed by atoms with Gasteiger partial charge in [-0.3, -0.25) is 9.78 Å². The third kappa shape index (κ3) is 2.31. The van der Waals surface area contributed by atoms with Crippen LogP contribution >= 0.6 is 23.2 Å². The Morgan fingerprint density at radius 1 is 1.27 bits per heavy atom. The highest BCUT2D eigenvalue weighted by Gasteiger charge is 2.49. The van der Waals surface area contributed by atoms with Gasteiger partial charge in [0.25, 0.3) is 0 Å². The monoisotopic (exact) mass is 333 g/mol. The summed E-state index contributed by atoms with van der Waals surface area (Å²) < 4.78 is 5.78. The second-order valence-electron chi connectivity index (χ2n) is 5.15. The third-order valence-electron chi connectivity index (χ3n) is 3.97. The van der Waals surface area contributed by atoms with Crippen LogP contribution in [-0.4, -0.2) is 10.8 Å². The Morgan fingerprint density at radius 2 is 2.09 bits per heavy atom. The molecule has 0 radical (unpaired) electrons. The van der Waals surface area contributed by atoms with Gasteiger partial charge in [0.05, 0.1) is 6.26 Å². The Morgan fingerprint density at radius 3 is 2.68 bits per heavy atom. The first-order chi connectivity index (χ1) is 10.6. The van der Waals surface area contributed by atoms with Crippen molar-refractivity contribution < 1.29 is 9.53 Å². The number of aromatic nitrogens is 1. The van der Waals surface area contributed by atoms with Gasteiger partial charge < -0.3 is 4.74 Å². The zero-order chi connectivity index (χ0) is 15.7. The summed E-state index contributed by atoms with van der Waals surface area (Å²) in [5.74, 6) is -0.428. The minimum Gasteiger partial charge on any atom is -0.481 e. The average molecular weight is 334 g/mol. The van der Waals surface area contributed by atoms with Crippen molar-refractivity contribution in [1.82, 2.24) is 4.98 Å². The standard InChI is InChI=1S/C17H13Cl2NO2/c1-11(14-5-4-13(18)9-15(14)19)17(16(21)6-8-22-17)12-3-2-7-20-10-12/h2-11H,1H3. The summed E-state index contributed by atoms with van der Waals surface area (Å²) in [5, 5.41) is 1.06. The Balaban J connectivity index is 2.13. The van der Waals surface area contributed by atoms with Crippen molar-refractivity contribution in [3.05, 3.63) is 76.2 Å². The van der Waals surface area contributed by atoms with Crippen LogP contribution in [0.2, 0.25) is 10.0 Å². The van der Waals surface area contributed by atoms with Crippen LogP contribution in [0.15, 0.2) is 55.1 Å². The van der Waals surface area contributed by atoms with Crippen LogP contribution in [0.1, 0.15) is 24.0 Å². The number of hydrogen-bond acceptors (Lipinski definition) is 3. The van der Waals surface area contributed by atoms with E-state index >= 15 is 0 Å². The topological polar surface area (TPSA) is 39.2 Å². The van der Waals surface area contributed by atoms with E-state index in [2.05, 4.69) is 4.98 Å². The van der Waals surface area contributed by atoms with Crippen molar-refractivity contribution in [1.29, 1.82) is 0 Å². The highest BCUT2D eigenvalue weighted by Crippen LogP contribution is 2.45. The van der Waals surface area contributed by atoms with Crippen LogP contribution in [0.5, 0.6) is 0 Å². The molecular formula is C17H13Cl2NO2. The Bertz CT molecular complexity index is 746. The number of ether oxygens (including phenoxy) is 1. The number of pyridine rings is 1. The van der Waals surface area contributed by atoms with Gasteiger partial charge in [0.2, 0.25) is 11.4 Å². The molecule has 22 heavy (non-hydrogen) atoms. The zero-order valence-corrected chi connectivity index (χ0v) is 13.3. The van der Waals surface area contributed by atoms with Crippen LogP contribution in [0.25, 0.3) is 0 Å². The summed E-state index contributed by atoms with van der Waals surface area (Å²) in [6, 6.07) is 8.85. The van der Waals surface area contributed by atoms with E-state index in [0.29, 0.717) is 15.6 Å². The number of ketones is 1. The lowest BCUT2D eigenvalue weighted by atomic mass is 9.76. The first-order valence-electron chi connectivity index (χ1n) is 6.80. The molecule has 1 aliphatic rings. The van der Waals surface area contributed by atoms with E-state index in [0.717, 1.165) is 5.56 Å². The lowest BCUT2D eigenvalue weighted by molar-refractivity contribution is -0.132. The molecule has 2 heterocycles. The number of carbonyl (C=O) groups excluding carboxylic acids is 1. The van der Waals surface area contributed by atoms with Crippen molar-refractivity contribution in [2.45, 2.75) is 18.4 Å². The van der Waals surface area contributed by atoms with Gasteiger partial charge in [-0.15, -0.1) is 0 Å². The molecule has 3 nitrogen and oxygen atoms in total. The second-order valence-corrected chi connectivity index (χ2v) is 5.99. The fraction of sp³-hybridized carbons (Fsp3) is 0.176. The van der Waals surface area contributed by atoms with E-state index in [1.165, 1.54) is 12.3 Å². The predicted octanol–water partition coefficient (Wildman–Crippen LogP) is 4.50. The molecule has 1 aromatic heterocycles. The van der Waals surface area contributed by atoms with Gasteiger partial charge in [0.1, 0.15) is 0 Å². The van der Waals surface area contributed by atoms with Crippen molar-refractivity contribution in [3.8, 4) is 0 Å². The molecule has 2 atom stereocenters. The van der Waals surface area contributed by atoms with E-state index in [1.54, 1.807) is 30.6 Å². The molecule has 1 aliphatic heterocycles. The quantitative estimate of drug-likeness (QED) is 0.830. The molecule has 0 N–H and O–H groups in total. The maximum atomic E-state index is 12.6. The highest BCUT2D eigenvalue weighted by atomic mass is 35.5. The molecule has 3 rings (SSSR count). The Kier molecular flexibility index (Phi) is 3.94. The van der Waals surface area contributed by atoms with Crippen LogP contribution in [0.4, 0.5) is 0 Å². The summed E-state index contributed by atoms with van der Waals surface area (Å²) >= 11 is 12.3. The molecule has 0 aliphatic carbocycles. The first-order valence-corrected chi connectivity index (χ1v) is 7.55. The number of hydrogen-bond donors (Lipinski definition) is 0. The number of halogens is 2. The molecule has 2 unspecified atom stereocenters. The first kappa shape index (κ1) is 15.1. The summed E-state index contributed by atoms with van der Waals surface area (Å²) in [4.78, 5) is 16.7. The van der Waals surface area contributed by atoms with Crippen molar-refractivity contribution in [3.63, 3.8) is 0 Å². The maximum absolute atomic E-state index is 12.6. The number of rotatable bonds is 3. The van der Waals surface area contributed by atoms with E-state index in [-0.39, 0.29) is 11.7 Å². The fourth-order valence-corrected chi connectivity index (χ4v) is 3.39. The Hall–Kier alpha value is -1.84. The third-order valence-corrected chi connectivity index (χ3v) is 4.53. The Labute approximate surface area is 138 Å². The van der Waals surface area contributed by atoms with Crippen LogP contribution in [0.3, 0.4) is 0 Å². The smallest absolute Gasteiger partial charge is 0.207 e. The van der Waals surface area contributed by atoms with Crippen LogP contribution < -0.4 is 0 Å². The van der Waals surface area contributed by atoms with E-state index in [1.807, 2.05) is 19.1 Å². The molecule has 0 spiro atoms. The lowest BCUT2D eigenvalue weighted by Gasteiger charge is -2.34. The van der Waals surface area contributed by atoms with E-state index in [4.69, 9.17) is 27.9 Å². The molecule has 112 valence electrons. The van der Waals surface area contributed by atoms with Crippen LogP contribution in [0, 0.1) is 0 Å². The molecule has 0 saturated carbocycles. The SMILES string of the molecule is CC(c1ccc(Cl)cc1Cl)C1(c2cccnc2)OC=CC1=O. The molecule has 2 aromatic rings. The molecule has 0 amide bonds. The zero-order valence-electron chi connectivity index (χ0n) is 11.8. The normalized spacial score (nSPS) is 21.7. The van der Waals surface area contributed by atoms with Gasteiger partial charge in [-0.1, -0.05) is 42.3 Å². The highest BCUT2D eigenvalue weighted by molar-refractivity contribution is 6.35. The van der Waals surface area contributed by atoms with Crippen molar-refractivity contribution in [2.24, 2.45) is 0 Å². The molecule has 5 heteroatoms. The van der Waals surface area contributed by atoms with Gasteiger partial charge in [-0.25, -0.2) is 0 Å². The fourth-order valence-electron chi connectivity index (χ4n) is 2.81. The summed E-state index contributed by atoms with van der Waals surface area (Å²) in [6.45, 7) is 1.91. The average Bonchev–Trinajstić information content (AvgIpc) is 2.90. The minimum atomic E-state index is -1.15. The van der Waals surface area contributed by atoms with Gasteiger partial charge in [-0.05, 0) is 23.8 Å². The van der Waals surface area contributed by atoms with Crippen molar-refractivity contribution >= 4 is 29.0 Å². The summed E-state index contributed by atoms with van der Waals surface area (Å²) in [6.07, 6.45) is 6.16. The summed E-state index contributed by atoms with van der Waals surface area (Å²) in [7, 11) is 0. The molecule has 0 saturated heterocycles. The van der Waals surface area contributed by atoms with E-state index in [9.17, 15) is 4.79 Å². The lowest BCUT2D eigenvalue weighted by Crippen LogP contribution is -2.39. The summed E-state index contributed by atoms with van der Waals surface area (Å²) in [5.41, 5.74) is 0.349.